The average molecular weight is 357 g/mol. The van der Waals surface area contributed by atoms with Crippen molar-refractivity contribution >= 4 is 29.3 Å². The van der Waals surface area contributed by atoms with E-state index in [2.05, 4.69) is 10.2 Å². The van der Waals surface area contributed by atoms with Crippen LogP contribution >= 0.6 is 23.4 Å². The lowest BCUT2D eigenvalue weighted by Crippen LogP contribution is -2.37. The molecule has 1 fully saturated rings. The summed E-state index contributed by atoms with van der Waals surface area (Å²) in [4.78, 5) is 15.3. The molecule has 1 N–H and O–H groups in total. The third-order valence-electron chi connectivity index (χ3n) is 3.75. The highest BCUT2D eigenvalue weighted by atomic mass is 35.5. The minimum atomic E-state index is 0.121. The summed E-state index contributed by atoms with van der Waals surface area (Å²) >= 11 is 7.72. The number of unbranched alkanes of at least 4 members (excludes halogenated alkanes) is 1. The molecule has 0 bridgehead atoms. The Balaban J connectivity index is 1.47. The number of carbonyl (C=O) groups excluding carboxylic acids is 1. The van der Waals surface area contributed by atoms with Crippen LogP contribution in [0.1, 0.15) is 19.3 Å². The lowest BCUT2D eigenvalue weighted by molar-refractivity contribution is -0.120. The van der Waals surface area contributed by atoms with Crippen molar-refractivity contribution in [2.75, 3.05) is 45.1 Å². The Morgan fingerprint density at radius 2 is 2.04 bits per heavy atom. The van der Waals surface area contributed by atoms with Crippen LogP contribution in [0.2, 0.25) is 5.02 Å². The number of nitrogens with zero attached hydrogens (tertiary/aromatic N) is 1. The number of amides is 1. The first-order valence-electron chi connectivity index (χ1n) is 8.20. The second-order valence-corrected chi connectivity index (χ2v) is 7.08. The number of carbonyl (C=O) groups is 1. The Morgan fingerprint density at radius 3 is 2.83 bits per heavy atom. The summed E-state index contributed by atoms with van der Waals surface area (Å²) in [6.07, 6.45) is 2.68. The van der Waals surface area contributed by atoms with Crippen LogP contribution in [0, 0.1) is 0 Å². The van der Waals surface area contributed by atoms with Gasteiger partial charge < -0.3 is 10.1 Å². The number of nitrogens with one attached hydrogen (secondary N) is 1. The number of hydrogen-bond donors (Lipinski definition) is 1. The molecule has 1 heterocycles. The molecule has 1 aliphatic heterocycles. The Kier molecular flexibility index (Phi) is 8.82. The number of morpholine rings is 1. The van der Waals surface area contributed by atoms with Crippen LogP contribution in [0.15, 0.2) is 29.2 Å². The maximum absolute atomic E-state index is 11.8. The van der Waals surface area contributed by atoms with E-state index >= 15 is 0 Å². The first-order valence-corrected chi connectivity index (χ1v) is 9.56. The number of hydrogen-bond acceptors (Lipinski definition) is 4. The fourth-order valence-corrected chi connectivity index (χ4v) is 3.60. The van der Waals surface area contributed by atoms with Gasteiger partial charge in [-0.2, -0.15) is 0 Å². The Bertz CT molecular complexity index is 481. The van der Waals surface area contributed by atoms with Crippen LogP contribution in [-0.4, -0.2) is 56.0 Å². The minimum Gasteiger partial charge on any atom is -0.379 e. The van der Waals surface area contributed by atoms with E-state index in [4.69, 9.17) is 16.3 Å². The van der Waals surface area contributed by atoms with Gasteiger partial charge in [-0.1, -0.05) is 23.7 Å². The molecule has 1 saturated heterocycles. The van der Waals surface area contributed by atoms with Crippen molar-refractivity contribution < 1.29 is 9.53 Å². The lowest BCUT2D eigenvalue weighted by Gasteiger charge is -2.26. The van der Waals surface area contributed by atoms with Gasteiger partial charge in [-0.3, -0.25) is 9.69 Å². The van der Waals surface area contributed by atoms with Crippen molar-refractivity contribution in [3.05, 3.63) is 29.3 Å². The first-order chi connectivity index (χ1) is 11.3. The summed E-state index contributed by atoms with van der Waals surface area (Å²) in [7, 11) is 0. The predicted molar refractivity (Wildman–Crippen MR) is 96.3 cm³/mol. The molecule has 1 amide bonds. The largest absolute Gasteiger partial charge is 0.379 e. The highest BCUT2D eigenvalue weighted by molar-refractivity contribution is 7.99. The molecule has 0 radical (unpaired) electrons. The molecule has 0 saturated carbocycles. The monoisotopic (exact) mass is 356 g/mol. The van der Waals surface area contributed by atoms with E-state index < -0.39 is 0 Å². The molecule has 1 aromatic carbocycles. The van der Waals surface area contributed by atoms with E-state index in [-0.39, 0.29) is 5.91 Å². The van der Waals surface area contributed by atoms with Crippen LogP contribution in [0.3, 0.4) is 0 Å². The minimum absolute atomic E-state index is 0.121. The molecule has 0 aromatic heterocycles. The third kappa shape index (κ3) is 7.57. The van der Waals surface area contributed by atoms with Crippen LogP contribution in [-0.2, 0) is 9.53 Å². The second-order valence-electron chi connectivity index (χ2n) is 5.54. The highest BCUT2D eigenvalue weighted by Crippen LogP contribution is 2.26. The molecular weight excluding hydrogens is 332 g/mol. The molecule has 1 aliphatic rings. The van der Waals surface area contributed by atoms with Crippen molar-refractivity contribution in [3.8, 4) is 0 Å². The molecule has 0 spiro atoms. The summed E-state index contributed by atoms with van der Waals surface area (Å²) in [5.41, 5.74) is 0. The summed E-state index contributed by atoms with van der Waals surface area (Å²) in [6.45, 7) is 5.62. The number of ether oxygens (including phenoxy) is 1. The predicted octanol–water partition coefficient (Wildman–Crippen LogP) is 3.05. The van der Waals surface area contributed by atoms with Gasteiger partial charge in [-0.15, -0.1) is 11.8 Å². The van der Waals surface area contributed by atoms with Crippen LogP contribution in [0.4, 0.5) is 0 Å². The van der Waals surface area contributed by atoms with Gasteiger partial charge in [0.1, 0.15) is 0 Å². The van der Waals surface area contributed by atoms with E-state index in [1.165, 1.54) is 0 Å². The quantitative estimate of drug-likeness (QED) is 0.545. The van der Waals surface area contributed by atoms with Gasteiger partial charge in [-0.05, 0) is 31.5 Å². The van der Waals surface area contributed by atoms with Crippen molar-refractivity contribution in [2.45, 2.75) is 24.2 Å². The topological polar surface area (TPSA) is 41.6 Å². The maximum Gasteiger partial charge on any atom is 0.220 e. The van der Waals surface area contributed by atoms with Crippen LogP contribution < -0.4 is 5.32 Å². The summed E-state index contributed by atoms with van der Waals surface area (Å²) < 4.78 is 5.33. The van der Waals surface area contributed by atoms with Crippen molar-refractivity contribution in [3.63, 3.8) is 0 Å². The number of benzene rings is 1. The normalized spacial score (nSPS) is 15.5. The molecular formula is C17H25ClN2O2S. The van der Waals surface area contributed by atoms with Crippen molar-refractivity contribution in [2.24, 2.45) is 0 Å². The molecule has 23 heavy (non-hydrogen) atoms. The van der Waals surface area contributed by atoms with Gasteiger partial charge in [0, 0.05) is 36.7 Å². The SMILES string of the molecule is O=C(CCSc1ccccc1Cl)NCCCCN1CCOCC1. The molecule has 0 aliphatic carbocycles. The zero-order valence-electron chi connectivity index (χ0n) is 13.4. The highest BCUT2D eigenvalue weighted by Gasteiger charge is 2.09. The molecule has 6 heteroatoms. The molecule has 128 valence electrons. The summed E-state index contributed by atoms with van der Waals surface area (Å²) in [6, 6.07) is 7.73. The second kappa shape index (κ2) is 10.9. The third-order valence-corrected chi connectivity index (χ3v) is 5.27. The average Bonchev–Trinajstić information content (AvgIpc) is 2.57. The molecule has 2 rings (SSSR count). The molecule has 4 nitrogen and oxygen atoms in total. The van der Waals surface area contributed by atoms with E-state index in [9.17, 15) is 4.79 Å². The van der Waals surface area contributed by atoms with E-state index in [1.54, 1.807) is 11.8 Å². The van der Waals surface area contributed by atoms with Crippen molar-refractivity contribution in [1.82, 2.24) is 10.2 Å². The Labute approximate surface area is 147 Å². The van der Waals surface area contributed by atoms with Crippen LogP contribution in [0.5, 0.6) is 0 Å². The van der Waals surface area contributed by atoms with Gasteiger partial charge in [0.25, 0.3) is 0 Å². The zero-order valence-corrected chi connectivity index (χ0v) is 15.0. The van der Waals surface area contributed by atoms with Gasteiger partial charge in [0.2, 0.25) is 5.91 Å². The van der Waals surface area contributed by atoms with E-state index in [1.807, 2.05) is 24.3 Å². The maximum atomic E-state index is 11.8. The van der Waals surface area contributed by atoms with Crippen LogP contribution in [0.25, 0.3) is 0 Å². The summed E-state index contributed by atoms with van der Waals surface area (Å²) in [5.74, 6) is 0.875. The van der Waals surface area contributed by atoms with E-state index in [0.717, 1.165) is 67.9 Å². The fraction of sp³-hybridized carbons (Fsp3) is 0.588. The van der Waals surface area contributed by atoms with Gasteiger partial charge in [-0.25, -0.2) is 0 Å². The van der Waals surface area contributed by atoms with Crippen molar-refractivity contribution in [1.29, 1.82) is 0 Å². The lowest BCUT2D eigenvalue weighted by atomic mass is 10.2. The number of halogens is 1. The van der Waals surface area contributed by atoms with Gasteiger partial charge >= 0.3 is 0 Å². The number of thioether (sulfide) groups is 1. The molecule has 0 atom stereocenters. The smallest absolute Gasteiger partial charge is 0.220 e. The number of rotatable bonds is 9. The molecule has 1 aromatic rings. The van der Waals surface area contributed by atoms with Gasteiger partial charge in [0.05, 0.1) is 18.2 Å². The summed E-state index contributed by atoms with van der Waals surface area (Å²) in [5, 5.41) is 3.74. The standard InChI is InChI=1S/C17H25ClN2O2S/c18-15-5-1-2-6-16(15)23-14-7-17(21)19-8-3-4-9-20-10-12-22-13-11-20/h1-2,5-6H,3-4,7-14H2,(H,19,21). The van der Waals surface area contributed by atoms with E-state index in [0.29, 0.717) is 6.42 Å². The zero-order chi connectivity index (χ0) is 16.3. The molecule has 0 unspecified atom stereocenters. The Hall–Kier alpha value is -0.750. The van der Waals surface area contributed by atoms with Gasteiger partial charge in [0.15, 0.2) is 0 Å². The first kappa shape index (κ1) is 18.6. The fourth-order valence-electron chi connectivity index (χ4n) is 2.42. The Morgan fingerprint density at radius 1 is 1.26 bits per heavy atom.